The largest absolute Gasteiger partial charge is 0.496 e. The summed E-state index contributed by atoms with van der Waals surface area (Å²) in [5.74, 6) is -0.808. The van der Waals surface area contributed by atoms with Crippen molar-refractivity contribution in [2.24, 2.45) is 5.92 Å². The molecule has 6 nitrogen and oxygen atoms in total. The van der Waals surface area contributed by atoms with Crippen molar-refractivity contribution in [1.82, 2.24) is 0 Å². The third-order valence-corrected chi connectivity index (χ3v) is 3.57. The average molecular weight is 371 g/mol. The molecular weight excluding hydrogens is 343 g/mol. The SMILES string of the molecule is CCCCC(C(=O)OCCC)C(=O)c1c(OC)cccc1OC.O=[PH2+]. The van der Waals surface area contributed by atoms with E-state index >= 15 is 0 Å². The first kappa shape index (κ1) is 23.1. The van der Waals surface area contributed by atoms with E-state index in [1.807, 2.05) is 13.8 Å². The highest BCUT2D eigenvalue weighted by atomic mass is 31.0. The summed E-state index contributed by atoms with van der Waals surface area (Å²) in [4.78, 5) is 25.3. The molecule has 0 radical (unpaired) electrons. The molecule has 1 rings (SSSR count). The van der Waals surface area contributed by atoms with Gasteiger partial charge in [-0.05, 0) is 25.0 Å². The van der Waals surface area contributed by atoms with Crippen molar-refractivity contribution < 1.29 is 28.4 Å². The minimum absolute atomic E-state index is 0.298. The molecule has 140 valence electrons. The molecule has 0 spiro atoms. The normalized spacial score (nSPS) is 10.9. The molecule has 1 aromatic carbocycles. The van der Waals surface area contributed by atoms with Gasteiger partial charge in [0, 0.05) is 0 Å². The van der Waals surface area contributed by atoms with Crippen molar-refractivity contribution in [2.75, 3.05) is 20.8 Å². The zero-order valence-corrected chi connectivity index (χ0v) is 16.5. The molecule has 0 bridgehead atoms. The van der Waals surface area contributed by atoms with E-state index in [1.165, 1.54) is 23.3 Å². The molecule has 7 heteroatoms. The van der Waals surface area contributed by atoms with Crippen LogP contribution in [0.3, 0.4) is 0 Å². The van der Waals surface area contributed by atoms with Gasteiger partial charge in [-0.1, -0.05) is 37.3 Å². The Labute approximate surface area is 151 Å². The molecule has 2 atom stereocenters. The van der Waals surface area contributed by atoms with Crippen LogP contribution in [0.1, 0.15) is 49.9 Å². The lowest BCUT2D eigenvalue weighted by molar-refractivity contribution is -0.147. The summed E-state index contributed by atoms with van der Waals surface area (Å²) in [5.41, 5.74) is 0.298. The Kier molecular flexibility index (Phi) is 12.3. The molecule has 1 aromatic rings. The lowest BCUT2D eigenvalue weighted by atomic mass is 9.91. The minimum atomic E-state index is -0.827. The van der Waals surface area contributed by atoms with Gasteiger partial charge < -0.3 is 14.2 Å². The molecule has 0 saturated heterocycles. The topological polar surface area (TPSA) is 78.9 Å². The van der Waals surface area contributed by atoms with Gasteiger partial charge in [0.15, 0.2) is 5.78 Å². The summed E-state index contributed by atoms with van der Waals surface area (Å²) in [6.45, 7) is 4.25. The third-order valence-electron chi connectivity index (χ3n) is 3.57. The van der Waals surface area contributed by atoms with E-state index in [2.05, 4.69) is 0 Å². The molecule has 0 amide bonds. The summed E-state index contributed by atoms with van der Waals surface area (Å²) >= 11 is 0. The zero-order chi connectivity index (χ0) is 19.2. The van der Waals surface area contributed by atoms with E-state index in [-0.39, 0.29) is 5.78 Å². The van der Waals surface area contributed by atoms with E-state index < -0.39 is 11.9 Å². The first-order chi connectivity index (χ1) is 12.1. The molecular formula is C18H28O6P+. The minimum Gasteiger partial charge on any atom is -0.496 e. The second-order valence-electron chi connectivity index (χ2n) is 5.26. The maximum atomic E-state index is 13.0. The predicted molar refractivity (Wildman–Crippen MR) is 98.5 cm³/mol. The quantitative estimate of drug-likeness (QED) is 0.269. The van der Waals surface area contributed by atoms with Crippen LogP contribution in [-0.2, 0) is 14.1 Å². The van der Waals surface area contributed by atoms with Crippen LogP contribution in [0.4, 0.5) is 0 Å². The number of carbonyl (C=O) groups is 2. The molecule has 0 aliphatic carbocycles. The Morgan fingerprint density at radius 1 is 1.04 bits per heavy atom. The zero-order valence-electron chi connectivity index (χ0n) is 15.4. The summed E-state index contributed by atoms with van der Waals surface area (Å²) in [6.07, 6.45) is 2.85. The molecule has 0 N–H and O–H groups in total. The van der Waals surface area contributed by atoms with Gasteiger partial charge in [0.2, 0.25) is 0 Å². The van der Waals surface area contributed by atoms with Crippen LogP contribution in [0, 0.1) is 5.92 Å². The number of carbonyl (C=O) groups excluding carboxylic acids is 2. The Bertz CT molecular complexity index is 524. The number of rotatable bonds is 10. The van der Waals surface area contributed by atoms with Crippen LogP contribution in [-0.4, -0.2) is 32.6 Å². The van der Waals surface area contributed by atoms with E-state index in [0.717, 1.165) is 19.3 Å². The number of unbranched alkanes of at least 4 members (excludes halogenated alkanes) is 1. The Morgan fingerprint density at radius 3 is 2.04 bits per heavy atom. The summed E-state index contributed by atoms with van der Waals surface area (Å²) in [7, 11) is 4.14. The van der Waals surface area contributed by atoms with Crippen molar-refractivity contribution in [3.8, 4) is 11.5 Å². The molecule has 0 aliphatic rings. The van der Waals surface area contributed by atoms with Crippen LogP contribution < -0.4 is 9.47 Å². The van der Waals surface area contributed by atoms with E-state index in [4.69, 9.17) is 18.8 Å². The standard InChI is InChI=1S/C18H26O5.H2OP/c1-5-7-9-13(18(20)23-12-6-2)17(19)16-14(21-3)10-8-11-15(16)22-4;1-2/h8,10-11,13H,5-7,9,12H2,1-4H3;2H2/q;+1. The highest BCUT2D eigenvalue weighted by Gasteiger charge is 2.32. The highest BCUT2D eigenvalue weighted by molar-refractivity contribution is 7.00. The Morgan fingerprint density at radius 2 is 1.60 bits per heavy atom. The fourth-order valence-corrected chi connectivity index (χ4v) is 2.34. The van der Waals surface area contributed by atoms with Gasteiger partial charge in [0.25, 0.3) is 0 Å². The van der Waals surface area contributed by atoms with Crippen LogP contribution in [0.5, 0.6) is 11.5 Å². The first-order valence-corrected chi connectivity index (χ1v) is 8.73. The average Bonchev–Trinajstić information content (AvgIpc) is 2.67. The van der Waals surface area contributed by atoms with Crippen LogP contribution in [0.15, 0.2) is 18.2 Å². The first-order valence-electron chi connectivity index (χ1n) is 8.26. The third kappa shape index (κ3) is 6.83. The lowest BCUT2D eigenvalue weighted by Crippen LogP contribution is -2.27. The van der Waals surface area contributed by atoms with Gasteiger partial charge >= 0.3 is 15.1 Å². The molecule has 0 saturated carbocycles. The second-order valence-corrected chi connectivity index (χ2v) is 5.26. The van der Waals surface area contributed by atoms with Gasteiger partial charge in [-0.3, -0.25) is 9.59 Å². The maximum Gasteiger partial charge on any atom is 0.316 e. The van der Waals surface area contributed by atoms with Crippen molar-refractivity contribution in [3.63, 3.8) is 0 Å². The number of Topliss-reactive ketones (excluding diaryl/α,β-unsaturated/α-hetero) is 1. The Balaban J connectivity index is 0.00000277. The number of hydrogen-bond acceptors (Lipinski definition) is 6. The smallest absolute Gasteiger partial charge is 0.316 e. The van der Waals surface area contributed by atoms with Crippen LogP contribution >= 0.6 is 9.12 Å². The number of hydrogen-bond donors (Lipinski definition) is 0. The van der Waals surface area contributed by atoms with E-state index in [9.17, 15) is 9.59 Å². The number of methoxy groups -OCH3 is 2. The predicted octanol–water partition coefficient (Wildman–Crippen LogP) is 3.85. The summed E-state index contributed by atoms with van der Waals surface area (Å²) < 4.78 is 23.9. The number of ketones is 1. The fourth-order valence-electron chi connectivity index (χ4n) is 2.34. The molecule has 2 unspecified atom stereocenters. The summed E-state index contributed by atoms with van der Waals surface area (Å²) in [5, 5.41) is 0. The second kappa shape index (κ2) is 13.4. The summed E-state index contributed by atoms with van der Waals surface area (Å²) in [6, 6.07) is 5.11. The molecule has 25 heavy (non-hydrogen) atoms. The van der Waals surface area contributed by atoms with Crippen LogP contribution in [0.2, 0.25) is 0 Å². The van der Waals surface area contributed by atoms with Gasteiger partial charge in [-0.25, -0.2) is 0 Å². The number of esters is 1. The molecule has 0 heterocycles. The van der Waals surface area contributed by atoms with E-state index in [1.54, 1.807) is 18.2 Å². The van der Waals surface area contributed by atoms with Crippen molar-refractivity contribution >= 4 is 20.9 Å². The highest BCUT2D eigenvalue weighted by Crippen LogP contribution is 2.32. The van der Waals surface area contributed by atoms with Gasteiger partial charge in [0.1, 0.15) is 23.0 Å². The number of benzene rings is 1. The monoisotopic (exact) mass is 371 g/mol. The molecule has 0 aliphatic heterocycles. The van der Waals surface area contributed by atoms with Gasteiger partial charge in [-0.2, -0.15) is 0 Å². The molecule has 0 fully saturated rings. The number of ether oxygens (including phenoxy) is 3. The van der Waals surface area contributed by atoms with E-state index in [0.29, 0.717) is 30.1 Å². The van der Waals surface area contributed by atoms with Crippen molar-refractivity contribution in [3.05, 3.63) is 23.8 Å². The van der Waals surface area contributed by atoms with Gasteiger partial charge in [-0.15, -0.1) is 0 Å². The van der Waals surface area contributed by atoms with Gasteiger partial charge in [0.05, 0.1) is 20.8 Å². The van der Waals surface area contributed by atoms with Crippen molar-refractivity contribution in [1.29, 1.82) is 0 Å². The lowest BCUT2D eigenvalue weighted by Gasteiger charge is -2.18. The maximum absolute atomic E-state index is 13.0. The molecule has 0 aromatic heterocycles. The van der Waals surface area contributed by atoms with Crippen molar-refractivity contribution in [2.45, 2.75) is 39.5 Å². The fraction of sp³-hybridized carbons (Fsp3) is 0.556. The van der Waals surface area contributed by atoms with Crippen LogP contribution in [0.25, 0.3) is 0 Å². The Hall–Kier alpha value is -1.94.